The highest BCUT2D eigenvalue weighted by Gasteiger charge is 2.04. The molecule has 0 aliphatic carbocycles. The maximum atomic E-state index is 13.2. The first-order valence-corrected chi connectivity index (χ1v) is 5.88. The van der Waals surface area contributed by atoms with Gasteiger partial charge in [0.2, 0.25) is 0 Å². The molecule has 0 saturated carbocycles. The van der Waals surface area contributed by atoms with Gasteiger partial charge in [-0.1, -0.05) is 12.1 Å². The fourth-order valence-electron chi connectivity index (χ4n) is 1.85. The Morgan fingerprint density at radius 1 is 1.11 bits per heavy atom. The van der Waals surface area contributed by atoms with Gasteiger partial charge >= 0.3 is 0 Å². The first-order chi connectivity index (χ1) is 8.56. The summed E-state index contributed by atoms with van der Waals surface area (Å²) in [5.41, 5.74) is 9.26. The summed E-state index contributed by atoms with van der Waals surface area (Å²) in [6.45, 7) is 2.54. The number of aryl methyl sites for hydroxylation is 1. The number of halogens is 1. The second-order valence-electron chi connectivity index (χ2n) is 4.53. The number of anilines is 2. The minimum absolute atomic E-state index is 0.167. The summed E-state index contributed by atoms with van der Waals surface area (Å²) in [7, 11) is 1.99. The van der Waals surface area contributed by atoms with Gasteiger partial charge in [0.05, 0.1) is 0 Å². The number of hydrogen-bond donors (Lipinski definition) is 1. The van der Waals surface area contributed by atoms with E-state index in [1.54, 1.807) is 13.0 Å². The van der Waals surface area contributed by atoms with Crippen molar-refractivity contribution >= 4 is 11.4 Å². The highest BCUT2D eigenvalue weighted by molar-refractivity contribution is 5.49. The number of benzene rings is 2. The van der Waals surface area contributed by atoms with Crippen LogP contribution in [0, 0.1) is 12.7 Å². The molecule has 0 spiro atoms. The Hall–Kier alpha value is -2.03. The van der Waals surface area contributed by atoms with Gasteiger partial charge in [0.25, 0.3) is 0 Å². The van der Waals surface area contributed by atoms with Crippen molar-refractivity contribution in [3.63, 3.8) is 0 Å². The predicted molar refractivity (Wildman–Crippen MR) is 74.1 cm³/mol. The third-order valence-electron chi connectivity index (χ3n) is 2.98. The van der Waals surface area contributed by atoms with E-state index < -0.39 is 0 Å². The summed E-state index contributed by atoms with van der Waals surface area (Å²) >= 11 is 0. The van der Waals surface area contributed by atoms with E-state index in [9.17, 15) is 4.39 Å². The van der Waals surface area contributed by atoms with Crippen molar-refractivity contribution in [3.8, 4) is 0 Å². The lowest BCUT2D eigenvalue weighted by Gasteiger charge is -2.20. The molecule has 0 aromatic heterocycles. The van der Waals surface area contributed by atoms with Gasteiger partial charge in [0.1, 0.15) is 5.82 Å². The van der Waals surface area contributed by atoms with Crippen LogP contribution in [0.3, 0.4) is 0 Å². The first kappa shape index (κ1) is 12.4. The molecule has 0 saturated heterocycles. The van der Waals surface area contributed by atoms with Crippen LogP contribution in [-0.4, -0.2) is 7.05 Å². The van der Waals surface area contributed by atoms with Crippen LogP contribution in [0.2, 0.25) is 0 Å². The maximum absolute atomic E-state index is 13.2. The lowest BCUT2D eigenvalue weighted by Crippen LogP contribution is -2.16. The summed E-state index contributed by atoms with van der Waals surface area (Å²) in [5, 5.41) is 0. The van der Waals surface area contributed by atoms with Gasteiger partial charge in [-0.15, -0.1) is 0 Å². The van der Waals surface area contributed by atoms with Crippen LogP contribution in [0.4, 0.5) is 15.8 Å². The summed E-state index contributed by atoms with van der Waals surface area (Å²) in [6.07, 6.45) is 0. The van der Waals surface area contributed by atoms with Crippen LogP contribution >= 0.6 is 0 Å². The van der Waals surface area contributed by atoms with E-state index in [2.05, 4.69) is 4.90 Å². The molecule has 2 rings (SSSR count). The smallest absolute Gasteiger partial charge is 0.126 e. The summed E-state index contributed by atoms with van der Waals surface area (Å²) < 4.78 is 13.2. The minimum atomic E-state index is -0.167. The molecule has 0 heterocycles. The first-order valence-electron chi connectivity index (χ1n) is 5.88. The summed E-state index contributed by atoms with van der Waals surface area (Å²) in [4.78, 5) is 2.08. The zero-order valence-electron chi connectivity index (χ0n) is 10.7. The van der Waals surface area contributed by atoms with Gasteiger partial charge < -0.3 is 10.6 Å². The fraction of sp³-hybridized carbons (Fsp3) is 0.200. The van der Waals surface area contributed by atoms with Crippen LogP contribution < -0.4 is 10.6 Å². The molecular weight excluding hydrogens is 227 g/mol. The average Bonchev–Trinajstić information content (AvgIpc) is 2.35. The molecular formula is C15H17FN2. The standard InChI is InChI=1S/C15H17FN2/c1-11-9-14(7-8-15(11)16)18(2)10-12-3-5-13(17)6-4-12/h3-9H,10,17H2,1-2H3. The van der Waals surface area contributed by atoms with Crippen LogP contribution in [0.5, 0.6) is 0 Å². The van der Waals surface area contributed by atoms with Gasteiger partial charge in [-0.3, -0.25) is 0 Å². The van der Waals surface area contributed by atoms with E-state index in [0.29, 0.717) is 5.56 Å². The molecule has 0 amide bonds. The van der Waals surface area contributed by atoms with Crippen molar-refractivity contribution in [1.82, 2.24) is 0 Å². The molecule has 2 aromatic rings. The SMILES string of the molecule is Cc1cc(N(C)Cc2ccc(N)cc2)ccc1F. The van der Waals surface area contributed by atoms with E-state index in [1.807, 2.05) is 37.4 Å². The highest BCUT2D eigenvalue weighted by atomic mass is 19.1. The molecule has 0 radical (unpaired) electrons. The second kappa shape index (κ2) is 5.08. The lowest BCUT2D eigenvalue weighted by atomic mass is 10.1. The highest BCUT2D eigenvalue weighted by Crippen LogP contribution is 2.19. The molecule has 2 N–H and O–H groups in total. The third kappa shape index (κ3) is 2.80. The van der Waals surface area contributed by atoms with Crippen molar-refractivity contribution in [3.05, 3.63) is 59.4 Å². The summed E-state index contributed by atoms with van der Waals surface area (Å²) in [5.74, 6) is -0.167. The third-order valence-corrected chi connectivity index (χ3v) is 2.98. The van der Waals surface area contributed by atoms with E-state index in [4.69, 9.17) is 5.73 Å². The molecule has 0 bridgehead atoms. The largest absolute Gasteiger partial charge is 0.399 e. The normalized spacial score (nSPS) is 10.4. The molecule has 0 aliphatic rings. The molecule has 0 unspecified atom stereocenters. The van der Waals surface area contributed by atoms with E-state index >= 15 is 0 Å². The van der Waals surface area contributed by atoms with Gasteiger partial charge in [-0.25, -0.2) is 4.39 Å². The lowest BCUT2D eigenvalue weighted by molar-refractivity contribution is 0.618. The predicted octanol–water partition coefficient (Wildman–Crippen LogP) is 3.35. The number of rotatable bonds is 3. The van der Waals surface area contributed by atoms with Crippen LogP contribution in [-0.2, 0) is 6.54 Å². The number of nitrogen functional groups attached to an aromatic ring is 1. The molecule has 18 heavy (non-hydrogen) atoms. The molecule has 2 aromatic carbocycles. The number of nitrogens with zero attached hydrogens (tertiary/aromatic N) is 1. The Balaban J connectivity index is 2.13. The Bertz CT molecular complexity index is 535. The molecule has 0 aliphatic heterocycles. The summed E-state index contributed by atoms with van der Waals surface area (Å²) in [6, 6.07) is 12.9. The second-order valence-corrected chi connectivity index (χ2v) is 4.53. The minimum Gasteiger partial charge on any atom is -0.399 e. The topological polar surface area (TPSA) is 29.3 Å². The van der Waals surface area contributed by atoms with E-state index in [1.165, 1.54) is 11.6 Å². The van der Waals surface area contributed by atoms with E-state index in [0.717, 1.165) is 17.9 Å². The van der Waals surface area contributed by atoms with Gasteiger partial charge in [0.15, 0.2) is 0 Å². The zero-order chi connectivity index (χ0) is 13.1. The quantitative estimate of drug-likeness (QED) is 0.839. The van der Waals surface area contributed by atoms with Crippen molar-refractivity contribution in [2.45, 2.75) is 13.5 Å². The Morgan fingerprint density at radius 3 is 2.39 bits per heavy atom. The average molecular weight is 244 g/mol. The van der Waals surface area contributed by atoms with Crippen LogP contribution in [0.15, 0.2) is 42.5 Å². The van der Waals surface area contributed by atoms with Crippen molar-refractivity contribution in [2.75, 3.05) is 17.7 Å². The fourth-order valence-corrected chi connectivity index (χ4v) is 1.85. The Morgan fingerprint density at radius 2 is 1.78 bits per heavy atom. The molecule has 0 atom stereocenters. The van der Waals surface area contributed by atoms with Crippen LogP contribution in [0.1, 0.15) is 11.1 Å². The monoisotopic (exact) mass is 244 g/mol. The molecule has 2 nitrogen and oxygen atoms in total. The molecule has 0 fully saturated rings. The van der Waals surface area contributed by atoms with E-state index in [-0.39, 0.29) is 5.82 Å². The Labute approximate surface area is 107 Å². The van der Waals surface area contributed by atoms with Gasteiger partial charge in [-0.2, -0.15) is 0 Å². The molecule has 94 valence electrons. The van der Waals surface area contributed by atoms with Crippen LogP contribution in [0.25, 0.3) is 0 Å². The van der Waals surface area contributed by atoms with Crippen molar-refractivity contribution in [2.24, 2.45) is 0 Å². The van der Waals surface area contributed by atoms with Crippen molar-refractivity contribution < 1.29 is 4.39 Å². The number of nitrogens with two attached hydrogens (primary N) is 1. The van der Waals surface area contributed by atoms with Gasteiger partial charge in [-0.05, 0) is 48.4 Å². The Kier molecular flexibility index (Phi) is 3.51. The number of hydrogen-bond acceptors (Lipinski definition) is 2. The van der Waals surface area contributed by atoms with Crippen molar-refractivity contribution in [1.29, 1.82) is 0 Å². The molecule has 3 heteroatoms. The maximum Gasteiger partial charge on any atom is 0.126 e. The van der Waals surface area contributed by atoms with Gasteiger partial charge in [0, 0.05) is 25.0 Å². The zero-order valence-corrected chi connectivity index (χ0v) is 10.7.